The van der Waals surface area contributed by atoms with Crippen LogP contribution in [-0.4, -0.2) is 36.8 Å². The third-order valence-electron chi connectivity index (χ3n) is 5.73. The van der Waals surface area contributed by atoms with Gasteiger partial charge in [-0.3, -0.25) is 0 Å². The molecule has 0 aromatic carbocycles. The van der Waals surface area contributed by atoms with Crippen LogP contribution in [0.4, 0.5) is 0 Å². The van der Waals surface area contributed by atoms with E-state index in [0.717, 1.165) is 24.5 Å². The lowest BCUT2D eigenvalue weighted by Crippen LogP contribution is -2.48. The third-order valence-corrected chi connectivity index (χ3v) is 6.72. The van der Waals surface area contributed by atoms with Crippen LogP contribution in [0.3, 0.4) is 0 Å². The van der Waals surface area contributed by atoms with Crippen LogP contribution in [0.1, 0.15) is 51.4 Å². The lowest BCUT2D eigenvalue weighted by molar-refractivity contribution is -0.114. The third kappa shape index (κ3) is 3.14. The van der Waals surface area contributed by atoms with Crippen LogP contribution in [0.5, 0.6) is 0 Å². The second-order valence-corrected chi connectivity index (χ2v) is 7.96. The number of hydrogen-bond donors (Lipinski definition) is 1. The molecule has 3 unspecified atom stereocenters. The molecule has 1 saturated carbocycles. The highest BCUT2D eigenvalue weighted by atomic mass is 32.2. The molecule has 2 saturated heterocycles. The molecule has 0 amide bonds. The van der Waals surface area contributed by atoms with Crippen LogP contribution in [-0.2, 0) is 4.74 Å². The van der Waals surface area contributed by atoms with Gasteiger partial charge in [-0.05, 0) is 68.9 Å². The Morgan fingerprint density at radius 2 is 1.89 bits per heavy atom. The van der Waals surface area contributed by atoms with E-state index in [2.05, 4.69) is 24.1 Å². The molecule has 0 radical (unpaired) electrons. The Labute approximate surface area is 122 Å². The largest absolute Gasteiger partial charge is 0.375 e. The van der Waals surface area contributed by atoms with Crippen LogP contribution in [0.2, 0.25) is 0 Å². The normalized spacial score (nSPS) is 39.3. The number of hydrogen-bond acceptors (Lipinski definition) is 3. The highest BCUT2D eigenvalue weighted by Gasteiger charge is 2.42. The predicted molar refractivity (Wildman–Crippen MR) is 82.8 cm³/mol. The Morgan fingerprint density at radius 1 is 1.11 bits per heavy atom. The van der Waals surface area contributed by atoms with Crippen molar-refractivity contribution < 1.29 is 4.74 Å². The van der Waals surface area contributed by atoms with Gasteiger partial charge in [-0.25, -0.2) is 0 Å². The van der Waals surface area contributed by atoms with E-state index in [4.69, 9.17) is 4.74 Å². The molecular weight excluding hydrogens is 254 g/mol. The van der Waals surface area contributed by atoms with Crippen molar-refractivity contribution in [3.8, 4) is 0 Å². The Morgan fingerprint density at radius 3 is 2.68 bits per heavy atom. The summed E-state index contributed by atoms with van der Waals surface area (Å²) >= 11 is 2.11. The van der Waals surface area contributed by atoms with Crippen molar-refractivity contribution in [2.24, 2.45) is 11.8 Å². The average Bonchev–Trinajstić information content (AvgIpc) is 2.48. The summed E-state index contributed by atoms with van der Waals surface area (Å²) in [7, 11) is 2.16. The summed E-state index contributed by atoms with van der Waals surface area (Å²) in [5.74, 6) is 4.45. The van der Waals surface area contributed by atoms with Crippen molar-refractivity contribution in [3.05, 3.63) is 0 Å². The van der Waals surface area contributed by atoms with Crippen LogP contribution in [0.25, 0.3) is 0 Å². The van der Waals surface area contributed by atoms with E-state index in [1.54, 1.807) is 0 Å². The van der Waals surface area contributed by atoms with Crippen molar-refractivity contribution in [2.45, 2.75) is 63.0 Å². The predicted octanol–water partition coefficient (Wildman–Crippen LogP) is 3.46. The zero-order valence-electron chi connectivity index (χ0n) is 12.3. The molecule has 110 valence electrons. The molecule has 3 rings (SSSR count). The summed E-state index contributed by atoms with van der Waals surface area (Å²) in [6.45, 7) is 1.02. The maximum Gasteiger partial charge on any atom is 0.0701 e. The van der Waals surface area contributed by atoms with Crippen molar-refractivity contribution in [3.63, 3.8) is 0 Å². The second-order valence-electron chi connectivity index (χ2n) is 6.74. The van der Waals surface area contributed by atoms with Gasteiger partial charge in [0.05, 0.1) is 5.60 Å². The Bertz CT molecular complexity index is 285. The number of rotatable bonds is 2. The molecule has 3 fully saturated rings. The molecule has 19 heavy (non-hydrogen) atoms. The maximum atomic E-state index is 6.26. The van der Waals surface area contributed by atoms with E-state index in [0.29, 0.717) is 0 Å². The van der Waals surface area contributed by atoms with Gasteiger partial charge in [-0.2, -0.15) is 11.8 Å². The first kappa shape index (κ1) is 14.2. The lowest BCUT2D eigenvalue weighted by Gasteiger charge is -2.47. The fourth-order valence-corrected chi connectivity index (χ4v) is 5.84. The van der Waals surface area contributed by atoms with Crippen LogP contribution < -0.4 is 5.32 Å². The molecule has 2 heterocycles. The Balaban J connectivity index is 1.66. The van der Waals surface area contributed by atoms with Crippen LogP contribution in [0, 0.1) is 11.8 Å². The van der Waals surface area contributed by atoms with Gasteiger partial charge in [0.25, 0.3) is 0 Å². The minimum Gasteiger partial charge on any atom is -0.375 e. The van der Waals surface area contributed by atoms with Gasteiger partial charge in [-0.1, -0.05) is 12.8 Å². The summed E-state index contributed by atoms with van der Waals surface area (Å²) in [5, 5.41) is 3.60. The monoisotopic (exact) mass is 283 g/mol. The number of ether oxygens (including phenoxy) is 1. The van der Waals surface area contributed by atoms with Gasteiger partial charge < -0.3 is 10.1 Å². The molecule has 0 aromatic heterocycles. The smallest absolute Gasteiger partial charge is 0.0701 e. The average molecular weight is 283 g/mol. The zero-order chi connectivity index (χ0) is 13.1. The molecule has 0 bridgehead atoms. The van der Waals surface area contributed by atoms with Crippen molar-refractivity contribution in [1.29, 1.82) is 0 Å². The van der Waals surface area contributed by atoms with Gasteiger partial charge in [0.15, 0.2) is 0 Å². The van der Waals surface area contributed by atoms with Crippen LogP contribution >= 0.6 is 11.8 Å². The maximum absolute atomic E-state index is 6.26. The summed E-state index contributed by atoms with van der Waals surface area (Å²) in [6.07, 6.45) is 10.9. The second kappa shape index (κ2) is 6.36. The SMILES string of the molecule is CNC1CCCCC1C1CCOC2(CCSCC2)C1. The minimum absolute atomic E-state index is 0.268. The van der Waals surface area contributed by atoms with E-state index >= 15 is 0 Å². The molecule has 1 aliphatic carbocycles. The van der Waals surface area contributed by atoms with E-state index in [1.165, 1.54) is 62.9 Å². The lowest BCUT2D eigenvalue weighted by atomic mass is 9.69. The minimum atomic E-state index is 0.268. The molecule has 1 spiro atoms. The molecule has 3 aliphatic rings. The number of nitrogens with one attached hydrogen (secondary N) is 1. The van der Waals surface area contributed by atoms with Crippen LogP contribution in [0.15, 0.2) is 0 Å². The highest BCUT2D eigenvalue weighted by molar-refractivity contribution is 7.99. The van der Waals surface area contributed by atoms with E-state index in [-0.39, 0.29) is 5.60 Å². The molecule has 3 atom stereocenters. The van der Waals surface area contributed by atoms with Gasteiger partial charge in [0.2, 0.25) is 0 Å². The topological polar surface area (TPSA) is 21.3 Å². The van der Waals surface area contributed by atoms with Gasteiger partial charge in [-0.15, -0.1) is 0 Å². The van der Waals surface area contributed by atoms with Gasteiger partial charge in [0, 0.05) is 12.6 Å². The zero-order valence-corrected chi connectivity index (χ0v) is 13.1. The first-order chi connectivity index (χ1) is 9.33. The van der Waals surface area contributed by atoms with Gasteiger partial charge in [0.1, 0.15) is 0 Å². The summed E-state index contributed by atoms with van der Waals surface area (Å²) in [4.78, 5) is 0. The fourth-order valence-electron chi connectivity index (χ4n) is 4.61. The van der Waals surface area contributed by atoms with E-state index < -0.39 is 0 Å². The highest BCUT2D eigenvalue weighted by Crippen LogP contribution is 2.44. The summed E-state index contributed by atoms with van der Waals surface area (Å²) in [5.41, 5.74) is 0.268. The Kier molecular flexibility index (Phi) is 4.76. The van der Waals surface area contributed by atoms with E-state index in [1.807, 2.05) is 0 Å². The first-order valence-electron chi connectivity index (χ1n) is 8.22. The first-order valence-corrected chi connectivity index (χ1v) is 9.37. The molecule has 0 aromatic rings. The summed E-state index contributed by atoms with van der Waals surface area (Å²) < 4.78 is 6.26. The standard InChI is InChI=1S/C16H29NOS/c1-17-15-5-3-2-4-14(15)13-6-9-18-16(12-13)7-10-19-11-8-16/h13-15,17H,2-12H2,1H3. The van der Waals surface area contributed by atoms with Crippen molar-refractivity contribution in [2.75, 3.05) is 25.2 Å². The van der Waals surface area contributed by atoms with Crippen molar-refractivity contribution in [1.82, 2.24) is 5.32 Å². The fraction of sp³-hybridized carbons (Fsp3) is 1.00. The molecular formula is C16H29NOS. The summed E-state index contributed by atoms with van der Waals surface area (Å²) in [6, 6.07) is 0.770. The molecule has 1 N–H and O–H groups in total. The van der Waals surface area contributed by atoms with Gasteiger partial charge >= 0.3 is 0 Å². The molecule has 2 nitrogen and oxygen atoms in total. The van der Waals surface area contributed by atoms with E-state index in [9.17, 15) is 0 Å². The quantitative estimate of drug-likeness (QED) is 0.838. The number of thioether (sulfide) groups is 1. The molecule has 2 aliphatic heterocycles. The Hall–Kier alpha value is 0.270. The molecule has 3 heteroatoms. The van der Waals surface area contributed by atoms with Crippen molar-refractivity contribution >= 4 is 11.8 Å².